The topological polar surface area (TPSA) is 39.0 Å². The molecule has 0 fully saturated rings. The van der Waals surface area contributed by atoms with Gasteiger partial charge in [0.15, 0.2) is 0 Å². The van der Waals surface area contributed by atoms with Gasteiger partial charge in [-0.3, -0.25) is 9.13 Å². The lowest BCUT2D eigenvalue weighted by molar-refractivity contribution is 0.555. The van der Waals surface area contributed by atoms with Gasteiger partial charge in [0.05, 0.1) is 0 Å². The first-order valence-electron chi connectivity index (χ1n) is 6.66. The molecule has 0 unspecified atom stereocenters. The summed E-state index contributed by atoms with van der Waals surface area (Å²) in [4.78, 5) is 12.0. The van der Waals surface area contributed by atoms with Crippen LogP contribution in [-0.2, 0) is 6.54 Å². The first-order valence-corrected chi connectivity index (χ1v) is 6.66. The van der Waals surface area contributed by atoms with Crippen LogP contribution in [0.15, 0.2) is 41.5 Å². The summed E-state index contributed by atoms with van der Waals surface area (Å²) in [5.74, 6) is 0. The Kier molecular flexibility index (Phi) is 4.10. The summed E-state index contributed by atoms with van der Waals surface area (Å²) in [6.45, 7) is 7.51. The van der Waals surface area contributed by atoms with Gasteiger partial charge < -0.3 is 5.32 Å². The molecular weight excluding hydrogens is 238 g/mol. The van der Waals surface area contributed by atoms with Gasteiger partial charge in [0.1, 0.15) is 0 Å². The molecule has 1 N–H and O–H groups in total. The fourth-order valence-corrected chi connectivity index (χ4v) is 2.07. The molecule has 2 aromatic rings. The van der Waals surface area contributed by atoms with Crippen LogP contribution in [0.5, 0.6) is 0 Å². The molecule has 4 heteroatoms. The van der Waals surface area contributed by atoms with E-state index in [4.69, 9.17) is 0 Å². The molecule has 0 bridgehead atoms. The summed E-state index contributed by atoms with van der Waals surface area (Å²) < 4.78 is 3.49. The molecule has 0 amide bonds. The molecule has 0 aliphatic carbocycles. The summed E-state index contributed by atoms with van der Waals surface area (Å²) in [5, 5.41) is 3.36. The van der Waals surface area contributed by atoms with Crippen molar-refractivity contribution >= 4 is 5.69 Å². The number of hydrogen-bond acceptors (Lipinski definition) is 2. The molecule has 2 rings (SSSR count). The van der Waals surface area contributed by atoms with Crippen LogP contribution in [0.1, 0.15) is 25.5 Å². The summed E-state index contributed by atoms with van der Waals surface area (Å²) in [5.41, 5.74) is 2.40. The Hall–Kier alpha value is -1.97. The zero-order chi connectivity index (χ0) is 13.8. The molecule has 1 aromatic heterocycles. The highest BCUT2D eigenvalue weighted by Gasteiger charge is 2.05. The molecule has 1 heterocycles. The molecule has 1 aromatic carbocycles. The number of aromatic nitrogens is 2. The summed E-state index contributed by atoms with van der Waals surface area (Å²) in [6.07, 6.45) is 3.70. The van der Waals surface area contributed by atoms with Crippen LogP contribution in [0.4, 0.5) is 5.69 Å². The number of nitrogens with one attached hydrogen (secondary N) is 1. The van der Waals surface area contributed by atoms with E-state index < -0.39 is 0 Å². The molecule has 0 spiro atoms. The van der Waals surface area contributed by atoms with Crippen molar-refractivity contribution in [3.63, 3.8) is 0 Å². The Balaban J connectivity index is 1.97. The summed E-state index contributed by atoms with van der Waals surface area (Å²) in [6, 6.07) is 8.36. The average molecular weight is 259 g/mol. The van der Waals surface area contributed by atoms with Gasteiger partial charge in [0, 0.05) is 37.2 Å². The van der Waals surface area contributed by atoms with Crippen LogP contribution in [0.2, 0.25) is 0 Å². The predicted octanol–water partition coefficient (Wildman–Crippen LogP) is 2.65. The fraction of sp³-hybridized carbons (Fsp3) is 0.400. The fourth-order valence-electron chi connectivity index (χ4n) is 2.07. The van der Waals surface area contributed by atoms with E-state index in [0.29, 0.717) is 6.54 Å². The van der Waals surface area contributed by atoms with Gasteiger partial charge in [-0.1, -0.05) is 18.2 Å². The highest BCUT2D eigenvalue weighted by molar-refractivity contribution is 5.50. The van der Waals surface area contributed by atoms with E-state index in [2.05, 4.69) is 24.4 Å². The quantitative estimate of drug-likeness (QED) is 0.896. The number of anilines is 1. The molecule has 0 aliphatic heterocycles. The van der Waals surface area contributed by atoms with E-state index in [-0.39, 0.29) is 11.7 Å². The third kappa shape index (κ3) is 3.08. The predicted molar refractivity (Wildman–Crippen MR) is 78.7 cm³/mol. The first kappa shape index (κ1) is 13.5. The second-order valence-electron chi connectivity index (χ2n) is 5.02. The zero-order valence-electron chi connectivity index (χ0n) is 11.8. The lowest BCUT2D eigenvalue weighted by atomic mass is 10.2. The molecule has 102 valence electrons. The van der Waals surface area contributed by atoms with Crippen LogP contribution in [-0.4, -0.2) is 15.7 Å². The highest BCUT2D eigenvalue weighted by atomic mass is 16.1. The van der Waals surface area contributed by atoms with Gasteiger partial charge >= 0.3 is 5.69 Å². The van der Waals surface area contributed by atoms with Crippen molar-refractivity contribution in [2.24, 2.45) is 0 Å². The van der Waals surface area contributed by atoms with E-state index in [0.717, 1.165) is 12.2 Å². The minimum atomic E-state index is 0.0570. The Morgan fingerprint density at radius 1 is 1.21 bits per heavy atom. The zero-order valence-corrected chi connectivity index (χ0v) is 11.8. The second-order valence-corrected chi connectivity index (χ2v) is 5.02. The van der Waals surface area contributed by atoms with Crippen LogP contribution in [0, 0.1) is 6.92 Å². The minimum Gasteiger partial charge on any atom is -0.383 e. The number of benzene rings is 1. The lowest BCUT2D eigenvalue weighted by Gasteiger charge is -2.09. The van der Waals surface area contributed by atoms with E-state index >= 15 is 0 Å². The summed E-state index contributed by atoms with van der Waals surface area (Å²) in [7, 11) is 0. The molecule has 0 atom stereocenters. The molecule has 4 nitrogen and oxygen atoms in total. The van der Waals surface area contributed by atoms with Gasteiger partial charge in [0.2, 0.25) is 0 Å². The van der Waals surface area contributed by atoms with Crippen molar-refractivity contribution in [2.45, 2.75) is 33.4 Å². The number of hydrogen-bond donors (Lipinski definition) is 1. The molecule has 19 heavy (non-hydrogen) atoms. The van der Waals surface area contributed by atoms with E-state index in [1.807, 2.05) is 38.4 Å². The van der Waals surface area contributed by atoms with Gasteiger partial charge in [-0.05, 0) is 32.4 Å². The molecule has 0 aliphatic rings. The Bertz CT molecular complexity index is 595. The first-order chi connectivity index (χ1) is 9.09. The maximum atomic E-state index is 12.0. The molecule has 0 radical (unpaired) electrons. The summed E-state index contributed by atoms with van der Waals surface area (Å²) >= 11 is 0. The SMILES string of the molecule is Cc1ccccc1NCCn1ccn(C(C)C)c1=O. The number of imidazole rings is 1. The van der Waals surface area contributed by atoms with E-state index in [1.165, 1.54) is 5.56 Å². The minimum absolute atomic E-state index is 0.0570. The van der Waals surface area contributed by atoms with Crippen LogP contribution in [0.3, 0.4) is 0 Å². The van der Waals surface area contributed by atoms with Gasteiger partial charge in [0.25, 0.3) is 0 Å². The van der Waals surface area contributed by atoms with Gasteiger partial charge in [-0.2, -0.15) is 0 Å². The van der Waals surface area contributed by atoms with Crippen molar-refractivity contribution in [2.75, 3.05) is 11.9 Å². The number of para-hydroxylation sites is 1. The standard InChI is InChI=1S/C15H21N3O/c1-12(2)18-11-10-17(15(18)19)9-8-16-14-7-5-4-6-13(14)3/h4-7,10-12,16H,8-9H2,1-3H3. The van der Waals surface area contributed by atoms with Crippen molar-refractivity contribution < 1.29 is 0 Å². The molecule has 0 saturated heterocycles. The van der Waals surface area contributed by atoms with Crippen molar-refractivity contribution in [3.05, 3.63) is 52.7 Å². The number of aryl methyl sites for hydroxylation is 1. The van der Waals surface area contributed by atoms with Gasteiger partial charge in [-0.25, -0.2) is 4.79 Å². The van der Waals surface area contributed by atoms with Crippen LogP contribution >= 0.6 is 0 Å². The van der Waals surface area contributed by atoms with E-state index in [1.54, 1.807) is 9.13 Å². The van der Waals surface area contributed by atoms with Crippen molar-refractivity contribution in [3.8, 4) is 0 Å². The third-order valence-electron chi connectivity index (χ3n) is 3.24. The third-order valence-corrected chi connectivity index (χ3v) is 3.24. The van der Waals surface area contributed by atoms with Crippen LogP contribution in [0.25, 0.3) is 0 Å². The molecule has 0 saturated carbocycles. The van der Waals surface area contributed by atoms with E-state index in [9.17, 15) is 4.79 Å². The Morgan fingerprint density at radius 2 is 1.95 bits per heavy atom. The maximum Gasteiger partial charge on any atom is 0.328 e. The van der Waals surface area contributed by atoms with Crippen molar-refractivity contribution in [1.29, 1.82) is 0 Å². The van der Waals surface area contributed by atoms with Crippen LogP contribution < -0.4 is 11.0 Å². The largest absolute Gasteiger partial charge is 0.383 e. The smallest absolute Gasteiger partial charge is 0.328 e. The monoisotopic (exact) mass is 259 g/mol. The van der Waals surface area contributed by atoms with Gasteiger partial charge in [-0.15, -0.1) is 0 Å². The number of nitrogens with zero attached hydrogens (tertiary/aromatic N) is 2. The normalized spacial score (nSPS) is 10.9. The lowest BCUT2D eigenvalue weighted by Crippen LogP contribution is -2.27. The maximum absolute atomic E-state index is 12.0. The Labute approximate surface area is 113 Å². The molecular formula is C15H21N3O. The number of rotatable bonds is 5. The Morgan fingerprint density at radius 3 is 2.58 bits per heavy atom. The highest BCUT2D eigenvalue weighted by Crippen LogP contribution is 2.12. The van der Waals surface area contributed by atoms with Crippen molar-refractivity contribution in [1.82, 2.24) is 9.13 Å². The second kappa shape index (κ2) is 5.78. The average Bonchev–Trinajstić information content (AvgIpc) is 2.74.